The first-order chi connectivity index (χ1) is 21.9. The minimum absolute atomic E-state index is 0.178. The number of benzene rings is 4. The van der Waals surface area contributed by atoms with Gasteiger partial charge in [-0.15, -0.1) is 0 Å². The van der Waals surface area contributed by atoms with Crippen molar-refractivity contribution in [3.05, 3.63) is 127 Å². The average molecular weight is 637 g/mol. The summed E-state index contributed by atoms with van der Waals surface area (Å²) < 4.78 is 0. The lowest BCUT2D eigenvalue weighted by Crippen LogP contribution is -2.00. The first-order valence-electron chi connectivity index (χ1n) is 15.8. The molecule has 0 amide bonds. The van der Waals surface area contributed by atoms with Gasteiger partial charge in [-0.05, 0) is 181 Å². The average Bonchev–Trinajstić information content (AvgIpc) is 3.02. The lowest BCUT2D eigenvalue weighted by molar-refractivity contribution is -0.135. The molecule has 0 atom stereocenters. The van der Waals surface area contributed by atoms with Gasteiger partial charge >= 0.3 is 11.9 Å². The lowest BCUT2D eigenvalue weighted by atomic mass is 10.0. The standard InChI is InChI=1S/2C18H23N.C5H6O4/c2*1-11-7-9-17(15(5)13(11)3)19-18-10-8-12(2)14(4)16(18)6;1-3(5(8)9)2-4(6)7/h2*7-10,19H,1-6H3;2H,1H3,(H,6,7)(H,8,9)/b;;3-2-. The van der Waals surface area contributed by atoms with E-state index in [-0.39, 0.29) is 5.57 Å². The fraction of sp³-hybridized carbons (Fsp3) is 0.317. The maximum Gasteiger partial charge on any atom is 0.331 e. The van der Waals surface area contributed by atoms with Crippen LogP contribution >= 0.6 is 0 Å². The maximum atomic E-state index is 9.90. The van der Waals surface area contributed by atoms with E-state index in [2.05, 4.69) is 142 Å². The largest absolute Gasteiger partial charge is 0.478 e. The van der Waals surface area contributed by atoms with Crippen LogP contribution in [0.3, 0.4) is 0 Å². The molecule has 4 aromatic rings. The smallest absolute Gasteiger partial charge is 0.331 e. The summed E-state index contributed by atoms with van der Waals surface area (Å²) in [5.74, 6) is -2.45. The zero-order chi connectivity index (χ0) is 35.7. The molecule has 4 N–H and O–H groups in total. The van der Waals surface area contributed by atoms with Gasteiger partial charge in [0.2, 0.25) is 0 Å². The summed E-state index contributed by atoms with van der Waals surface area (Å²) in [6.07, 6.45) is 0.641. The van der Waals surface area contributed by atoms with E-state index in [1.54, 1.807) is 0 Å². The van der Waals surface area contributed by atoms with Crippen LogP contribution < -0.4 is 10.6 Å². The van der Waals surface area contributed by atoms with Gasteiger partial charge in [-0.25, -0.2) is 9.59 Å². The van der Waals surface area contributed by atoms with Crippen molar-refractivity contribution >= 4 is 34.7 Å². The zero-order valence-corrected chi connectivity index (χ0v) is 30.4. The number of aryl methyl sites for hydroxylation is 4. The summed E-state index contributed by atoms with van der Waals surface area (Å²) in [4.78, 5) is 19.7. The predicted molar refractivity (Wildman–Crippen MR) is 198 cm³/mol. The van der Waals surface area contributed by atoms with Gasteiger partial charge in [0.15, 0.2) is 0 Å². The van der Waals surface area contributed by atoms with Crippen molar-refractivity contribution in [1.29, 1.82) is 0 Å². The number of hydrogen-bond acceptors (Lipinski definition) is 4. The fourth-order valence-corrected chi connectivity index (χ4v) is 4.90. The normalized spacial score (nSPS) is 10.7. The number of hydrogen-bond donors (Lipinski definition) is 4. The summed E-state index contributed by atoms with van der Waals surface area (Å²) in [7, 11) is 0. The van der Waals surface area contributed by atoms with Crippen molar-refractivity contribution in [1.82, 2.24) is 0 Å². The Morgan fingerprint density at radius 3 is 0.851 bits per heavy atom. The third-order valence-electron chi connectivity index (χ3n) is 9.45. The third-order valence-corrected chi connectivity index (χ3v) is 9.45. The van der Waals surface area contributed by atoms with Crippen LogP contribution in [0.25, 0.3) is 0 Å². The van der Waals surface area contributed by atoms with Crippen LogP contribution in [0.2, 0.25) is 0 Å². The van der Waals surface area contributed by atoms with Gasteiger partial charge in [-0.2, -0.15) is 0 Å². The van der Waals surface area contributed by atoms with Gasteiger partial charge in [-0.3, -0.25) is 0 Å². The summed E-state index contributed by atoms with van der Waals surface area (Å²) in [6, 6.07) is 17.4. The van der Waals surface area contributed by atoms with Crippen LogP contribution in [0.15, 0.2) is 60.2 Å². The van der Waals surface area contributed by atoms with Crippen molar-refractivity contribution in [3.8, 4) is 0 Å². The predicted octanol–water partition coefficient (Wildman–Crippen LogP) is 10.7. The van der Waals surface area contributed by atoms with Gasteiger partial charge in [0.05, 0.1) is 0 Å². The van der Waals surface area contributed by atoms with Crippen molar-refractivity contribution in [2.45, 2.75) is 90.0 Å². The molecule has 0 aliphatic carbocycles. The summed E-state index contributed by atoms with van der Waals surface area (Å²) in [5.41, 5.74) is 20.8. The molecule has 0 aliphatic heterocycles. The fourth-order valence-electron chi connectivity index (χ4n) is 4.90. The highest BCUT2D eigenvalue weighted by Crippen LogP contribution is 2.30. The van der Waals surface area contributed by atoms with E-state index in [0.29, 0.717) is 6.08 Å². The van der Waals surface area contributed by atoms with Crippen LogP contribution in [0.1, 0.15) is 73.7 Å². The van der Waals surface area contributed by atoms with E-state index >= 15 is 0 Å². The molecule has 6 heteroatoms. The van der Waals surface area contributed by atoms with E-state index in [0.717, 1.165) is 0 Å². The Bertz CT molecular complexity index is 1590. The number of carboxylic acid groups (broad SMARTS) is 2. The molecule has 0 radical (unpaired) electrons. The summed E-state index contributed by atoms with van der Waals surface area (Å²) in [5, 5.41) is 23.2. The molecule has 0 unspecified atom stereocenters. The highest BCUT2D eigenvalue weighted by molar-refractivity contribution is 5.94. The monoisotopic (exact) mass is 636 g/mol. The Kier molecular flexibility index (Phi) is 13.6. The van der Waals surface area contributed by atoms with E-state index in [1.165, 1.54) is 96.4 Å². The van der Waals surface area contributed by atoms with Crippen molar-refractivity contribution in [3.63, 3.8) is 0 Å². The number of nitrogens with one attached hydrogen (secondary N) is 2. The molecular formula is C41H52N2O4. The first kappa shape index (κ1) is 38.3. The Balaban J connectivity index is 0.000000262. The van der Waals surface area contributed by atoms with Gasteiger partial charge in [0.25, 0.3) is 0 Å². The summed E-state index contributed by atoms with van der Waals surface area (Å²) >= 11 is 0. The molecule has 0 aromatic heterocycles. The molecule has 0 bridgehead atoms. The minimum Gasteiger partial charge on any atom is -0.478 e. The number of anilines is 4. The zero-order valence-electron chi connectivity index (χ0n) is 30.4. The van der Waals surface area contributed by atoms with Crippen LogP contribution in [0.5, 0.6) is 0 Å². The number of rotatable bonds is 6. The molecule has 0 saturated heterocycles. The van der Waals surface area contributed by atoms with Crippen LogP contribution in [0, 0.1) is 83.1 Å². The molecular weight excluding hydrogens is 584 g/mol. The molecule has 250 valence electrons. The van der Waals surface area contributed by atoms with E-state index in [9.17, 15) is 9.59 Å². The molecule has 4 rings (SSSR count). The molecule has 4 aromatic carbocycles. The van der Waals surface area contributed by atoms with Crippen molar-refractivity contribution in [2.24, 2.45) is 0 Å². The topological polar surface area (TPSA) is 98.7 Å². The SMILES string of the molecule is C/C(=C/C(=O)O)C(=O)O.Cc1ccc(Nc2ccc(C)c(C)c2C)c(C)c1C.Cc1ccc(Nc2ccc(C)c(C)c2C)c(C)c1C. The number of carboxylic acids is 2. The molecule has 0 heterocycles. The van der Waals surface area contributed by atoms with E-state index in [4.69, 9.17) is 10.2 Å². The molecule has 47 heavy (non-hydrogen) atoms. The van der Waals surface area contributed by atoms with Crippen molar-refractivity contribution < 1.29 is 19.8 Å². The molecule has 0 spiro atoms. The Hall–Kier alpha value is -4.84. The second kappa shape index (κ2) is 16.6. The Morgan fingerprint density at radius 1 is 0.447 bits per heavy atom. The number of carbonyl (C=O) groups is 2. The second-order valence-electron chi connectivity index (χ2n) is 12.4. The van der Waals surface area contributed by atoms with Gasteiger partial charge < -0.3 is 20.8 Å². The quantitative estimate of drug-likeness (QED) is 0.157. The number of aliphatic carboxylic acids is 2. The van der Waals surface area contributed by atoms with Crippen LogP contribution in [0.4, 0.5) is 22.7 Å². The van der Waals surface area contributed by atoms with Gasteiger partial charge in [-0.1, -0.05) is 24.3 Å². The van der Waals surface area contributed by atoms with Gasteiger partial charge in [0.1, 0.15) is 0 Å². The Labute approximate surface area is 281 Å². The molecule has 0 fully saturated rings. The molecule has 6 nitrogen and oxygen atoms in total. The highest BCUT2D eigenvalue weighted by atomic mass is 16.4. The first-order valence-corrected chi connectivity index (χ1v) is 15.8. The van der Waals surface area contributed by atoms with Gasteiger partial charge in [0, 0.05) is 34.4 Å². The third kappa shape index (κ3) is 10.1. The van der Waals surface area contributed by atoms with Crippen molar-refractivity contribution in [2.75, 3.05) is 10.6 Å². The molecule has 0 saturated carbocycles. The Morgan fingerprint density at radius 2 is 0.681 bits per heavy atom. The van der Waals surface area contributed by atoms with E-state index < -0.39 is 11.9 Å². The van der Waals surface area contributed by atoms with E-state index in [1.807, 2.05) is 0 Å². The van der Waals surface area contributed by atoms with Crippen LogP contribution in [-0.4, -0.2) is 22.2 Å². The van der Waals surface area contributed by atoms with Crippen LogP contribution in [-0.2, 0) is 9.59 Å². The summed E-state index contributed by atoms with van der Waals surface area (Å²) in [6.45, 7) is 27.3. The highest BCUT2D eigenvalue weighted by Gasteiger charge is 2.09. The minimum atomic E-state index is -1.24. The molecule has 0 aliphatic rings. The maximum absolute atomic E-state index is 9.90. The lowest BCUT2D eigenvalue weighted by Gasteiger charge is -2.17. The second-order valence-corrected chi connectivity index (χ2v) is 12.4.